The average Bonchev–Trinajstić information content (AvgIpc) is 2.47. The lowest BCUT2D eigenvalue weighted by Gasteiger charge is -2.17. The van der Waals surface area contributed by atoms with Crippen molar-refractivity contribution in [2.45, 2.75) is 31.4 Å². The van der Waals surface area contributed by atoms with E-state index in [9.17, 15) is 0 Å². The Morgan fingerprint density at radius 2 is 2.30 bits per heavy atom. The average molecular weight is 310 g/mol. The van der Waals surface area contributed by atoms with E-state index < -0.39 is 0 Å². The molecule has 1 unspecified atom stereocenters. The molecule has 110 valence electrons. The number of ether oxygens (including phenoxy) is 2. The molecule has 1 atom stereocenters. The molecular formula is C16H22O2S2. The molecule has 0 N–H and O–H groups in total. The van der Waals surface area contributed by atoms with E-state index >= 15 is 0 Å². The lowest BCUT2D eigenvalue weighted by molar-refractivity contribution is 0.346. The van der Waals surface area contributed by atoms with Crippen LogP contribution in [0.3, 0.4) is 0 Å². The van der Waals surface area contributed by atoms with Gasteiger partial charge in [0.2, 0.25) is 4.38 Å². The van der Waals surface area contributed by atoms with Crippen molar-refractivity contribution in [2.75, 3.05) is 13.7 Å². The first-order valence-corrected chi connectivity index (χ1v) is 8.08. The Morgan fingerprint density at radius 1 is 1.50 bits per heavy atom. The summed E-state index contributed by atoms with van der Waals surface area (Å²) in [6, 6.07) is 8.15. The second-order valence-electron chi connectivity index (χ2n) is 4.29. The molecule has 0 aromatic heterocycles. The molecule has 0 radical (unpaired) electrons. The van der Waals surface area contributed by atoms with Crippen LogP contribution in [-0.2, 0) is 4.74 Å². The fraction of sp³-hybridized carbons (Fsp3) is 0.438. The van der Waals surface area contributed by atoms with Crippen LogP contribution in [-0.4, -0.2) is 18.1 Å². The summed E-state index contributed by atoms with van der Waals surface area (Å²) in [5, 5.41) is 0.295. The number of methoxy groups -OCH3 is 1. The van der Waals surface area contributed by atoms with E-state index in [1.54, 1.807) is 18.9 Å². The van der Waals surface area contributed by atoms with E-state index in [4.69, 9.17) is 21.7 Å². The largest absolute Gasteiger partial charge is 0.497 e. The van der Waals surface area contributed by atoms with Crippen LogP contribution in [0.4, 0.5) is 0 Å². The van der Waals surface area contributed by atoms with Crippen LogP contribution in [0.1, 0.15) is 37.0 Å². The van der Waals surface area contributed by atoms with Gasteiger partial charge < -0.3 is 9.47 Å². The number of allylic oxidation sites excluding steroid dienone is 1. The third kappa shape index (κ3) is 5.97. The molecule has 20 heavy (non-hydrogen) atoms. The highest BCUT2D eigenvalue weighted by Gasteiger charge is 2.15. The van der Waals surface area contributed by atoms with Crippen LogP contribution in [0.5, 0.6) is 5.75 Å². The Morgan fingerprint density at radius 3 is 2.95 bits per heavy atom. The summed E-state index contributed by atoms with van der Waals surface area (Å²) >= 11 is 6.87. The van der Waals surface area contributed by atoms with E-state index in [1.165, 1.54) is 5.56 Å². The molecule has 0 spiro atoms. The van der Waals surface area contributed by atoms with Crippen molar-refractivity contribution >= 4 is 28.4 Å². The third-order valence-corrected chi connectivity index (χ3v) is 4.35. The van der Waals surface area contributed by atoms with E-state index in [1.807, 2.05) is 25.1 Å². The SMILES string of the molecule is C=CCCCC(SC(=S)OCC)c1cccc(OC)c1. The highest BCUT2D eigenvalue weighted by atomic mass is 32.2. The molecule has 1 aromatic carbocycles. The highest BCUT2D eigenvalue weighted by molar-refractivity contribution is 8.22. The molecule has 4 heteroatoms. The third-order valence-electron chi connectivity index (χ3n) is 2.84. The number of unbranched alkanes of at least 4 members (excludes halogenated alkanes) is 1. The molecule has 0 heterocycles. The zero-order valence-electron chi connectivity index (χ0n) is 12.1. The van der Waals surface area contributed by atoms with Gasteiger partial charge in [0.05, 0.1) is 13.7 Å². The van der Waals surface area contributed by atoms with Gasteiger partial charge in [-0.15, -0.1) is 6.58 Å². The van der Waals surface area contributed by atoms with Gasteiger partial charge in [-0.05, 0) is 56.1 Å². The van der Waals surface area contributed by atoms with Gasteiger partial charge in [-0.3, -0.25) is 0 Å². The minimum atomic E-state index is 0.295. The Labute approximate surface area is 131 Å². The normalized spacial score (nSPS) is 11.7. The van der Waals surface area contributed by atoms with Crippen molar-refractivity contribution in [3.05, 3.63) is 42.5 Å². The summed E-state index contributed by atoms with van der Waals surface area (Å²) < 4.78 is 11.3. The number of benzene rings is 1. The number of thiocarbonyl (C=S) groups is 1. The molecule has 1 rings (SSSR count). The minimum Gasteiger partial charge on any atom is -0.497 e. The van der Waals surface area contributed by atoms with Gasteiger partial charge in [0.1, 0.15) is 5.75 Å². The topological polar surface area (TPSA) is 18.5 Å². The molecule has 0 aliphatic carbocycles. The van der Waals surface area contributed by atoms with Crippen molar-refractivity contribution in [1.29, 1.82) is 0 Å². The number of hydrogen-bond donors (Lipinski definition) is 0. The van der Waals surface area contributed by atoms with Gasteiger partial charge in [0, 0.05) is 5.25 Å². The van der Waals surface area contributed by atoms with Crippen LogP contribution in [0.25, 0.3) is 0 Å². The van der Waals surface area contributed by atoms with Crippen LogP contribution in [0.15, 0.2) is 36.9 Å². The van der Waals surface area contributed by atoms with Crippen molar-refractivity contribution in [3.8, 4) is 5.75 Å². The van der Waals surface area contributed by atoms with E-state index in [-0.39, 0.29) is 0 Å². The number of thioether (sulfide) groups is 1. The zero-order valence-corrected chi connectivity index (χ0v) is 13.8. The minimum absolute atomic E-state index is 0.295. The number of rotatable bonds is 8. The lowest BCUT2D eigenvalue weighted by Crippen LogP contribution is -2.02. The number of hydrogen-bond acceptors (Lipinski definition) is 4. The molecule has 0 amide bonds. The Balaban J connectivity index is 2.78. The molecule has 0 bridgehead atoms. The summed E-state index contributed by atoms with van der Waals surface area (Å²) in [6.07, 6.45) is 5.10. The first-order chi connectivity index (χ1) is 9.71. The molecule has 0 saturated carbocycles. The molecule has 1 aromatic rings. The first-order valence-electron chi connectivity index (χ1n) is 6.79. The van der Waals surface area contributed by atoms with Gasteiger partial charge in [-0.25, -0.2) is 0 Å². The smallest absolute Gasteiger partial charge is 0.220 e. The second-order valence-corrected chi connectivity index (χ2v) is 6.09. The van der Waals surface area contributed by atoms with Gasteiger partial charge in [-0.2, -0.15) is 0 Å². The Kier molecular flexibility index (Phi) is 8.38. The summed E-state index contributed by atoms with van der Waals surface area (Å²) in [4.78, 5) is 0. The first kappa shape index (κ1) is 17.1. The van der Waals surface area contributed by atoms with Gasteiger partial charge in [0.25, 0.3) is 0 Å². The quantitative estimate of drug-likeness (QED) is 0.375. The van der Waals surface area contributed by atoms with Crippen LogP contribution >= 0.6 is 24.0 Å². The molecule has 2 nitrogen and oxygen atoms in total. The van der Waals surface area contributed by atoms with E-state index in [2.05, 4.69) is 18.7 Å². The van der Waals surface area contributed by atoms with Crippen molar-refractivity contribution in [3.63, 3.8) is 0 Å². The predicted octanol–water partition coefficient (Wildman–Crippen LogP) is 5.15. The van der Waals surface area contributed by atoms with Crippen LogP contribution in [0.2, 0.25) is 0 Å². The summed E-state index contributed by atoms with van der Waals surface area (Å²) in [6.45, 7) is 6.33. The molecular weight excluding hydrogens is 288 g/mol. The summed E-state index contributed by atoms with van der Waals surface area (Å²) in [5.74, 6) is 0.874. The molecule has 0 aliphatic rings. The summed E-state index contributed by atoms with van der Waals surface area (Å²) in [5.41, 5.74) is 1.22. The maximum atomic E-state index is 5.40. The standard InChI is InChI=1S/C16H22O2S2/c1-4-6-7-11-15(20-16(19)18-5-2)13-9-8-10-14(12-13)17-3/h4,8-10,12,15H,1,5-7,11H2,2-3H3. The lowest BCUT2D eigenvalue weighted by atomic mass is 10.1. The van der Waals surface area contributed by atoms with Crippen molar-refractivity contribution in [2.24, 2.45) is 0 Å². The molecule has 0 aliphatic heterocycles. The van der Waals surface area contributed by atoms with Gasteiger partial charge in [-0.1, -0.05) is 30.0 Å². The maximum absolute atomic E-state index is 5.40. The van der Waals surface area contributed by atoms with Gasteiger partial charge >= 0.3 is 0 Å². The molecule has 0 saturated heterocycles. The van der Waals surface area contributed by atoms with E-state index in [0.717, 1.165) is 25.0 Å². The highest BCUT2D eigenvalue weighted by Crippen LogP contribution is 2.36. The van der Waals surface area contributed by atoms with Crippen LogP contribution < -0.4 is 4.74 Å². The monoisotopic (exact) mass is 310 g/mol. The fourth-order valence-corrected chi connectivity index (χ4v) is 3.30. The Bertz CT molecular complexity index is 432. The molecule has 0 fully saturated rings. The second kappa shape index (κ2) is 9.83. The fourth-order valence-electron chi connectivity index (χ4n) is 1.85. The van der Waals surface area contributed by atoms with Gasteiger partial charge in [0.15, 0.2) is 0 Å². The van der Waals surface area contributed by atoms with Crippen molar-refractivity contribution < 1.29 is 9.47 Å². The zero-order chi connectivity index (χ0) is 14.8. The van der Waals surface area contributed by atoms with Crippen molar-refractivity contribution in [1.82, 2.24) is 0 Å². The maximum Gasteiger partial charge on any atom is 0.220 e. The summed E-state index contributed by atoms with van der Waals surface area (Å²) in [7, 11) is 1.68. The van der Waals surface area contributed by atoms with Crippen LogP contribution in [0, 0.1) is 0 Å². The Hall–Kier alpha value is -1.00. The van der Waals surface area contributed by atoms with E-state index in [0.29, 0.717) is 16.2 Å². The predicted molar refractivity (Wildman–Crippen MR) is 91.6 cm³/mol.